The molecule has 1 unspecified atom stereocenters. The van der Waals surface area contributed by atoms with Crippen LogP contribution in [0.3, 0.4) is 0 Å². The number of hydrogen-bond acceptors (Lipinski definition) is 2. The second kappa shape index (κ2) is 6.35. The molecule has 0 saturated carbocycles. The van der Waals surface area contributed by atoms with Gasteiger partial charge in [0.25, 0.3) is 0 Å². The Morgan fingerprint density at radius 1 is 1.47 bits per heavy atom. The second-order valence-corrected chi connectivity index (χ2v) is 5.29. The first-order valence-electron chi connectivity index (χ1n) is 6.54. The third kappa shape index (κ3) is 3.67. The Labute approximate surface area is 117 Å². The van der Waals surface area contributed by atoms with E-state index in [1.54, 1.807) is 6.07 Å². The largest absolute Gasteiger partial charge is 0.341 e. The number of benzene rings is 1. The lowest BCUT2D eigenvalue weighted by Crippen LogP contribution is -2.43. The summed E-state index contributed by atoms with van der Waals surface area (Å²) in [6, 6.07) is 4.42. The Balaban J connectivity index is 1.87. The minimum atomic E-state index is -0.431. The van der Waals surface area contributed by atoms with Crippen molar-refractivity contribution in [3.8, 4) is 0 Å². The summed E-state index contributed by atoms with van der Waals surface area (Å²) in [4.78, 5) is 13.9. The molecule has 0 bridgehead atoms. The maximum absolute atomic E-state index is 13.3. The van der Waals surface area contributed by atoms with Crippen molar-refractivity contribution >= 4 is 17.5 Å². The average molecular weight is 285 g/mol. The van der Waals surface area contributed by atoms with Crippen molar-refractivity contribution in [1.82, 2.24) is 10.2 Å². The molecule has 1 saturated heterocycles. The molecule has 1 atom stereocenters. The van der Waals surface area contributed by atoms with Crippen LogP contribution in [0.25, 0.3) is 0 Å². The second-order valence-electron chi connectivity index (χ2n) is 4.88. The molecule has 0 aliphatic carbocycles. The highest BCUT2D eigenvalue weighted by Crippen LogP contribution is 2.15. The summed E-state index contributed by atoms with van der Waals surface area (Å²) >= 11 is 5.62. The van der Waals surface area contributed by atoms with Gasteiger partial charge in [0, 0.05) is 19.6 Å². The van der Waals surface area contributed by atoms with Gasteiger partial charge >= 0.3 is 0 Å². The van der Waals surface area contributed by atoms with Gasteiger partial charge < -0.3 is 10.2 Å². The molecule has 0 spiro atoms. The summed E-state index contributed by atoms with van der Waals surface area (Å²) in [5.74, 6) is -0.313. The first-order chi connectivity index (χ1) is 9.08. The van der Waals surface area contributed by atoms with Crippen LogP contribution in [0.5, 0.6) is 0 Å². The summed E-state index contributed by atoms with van der Waals surface area (Å²) in [6.07, 6.45) is 2.17. The van der Waals surface area contributed by atoms with Gasteiger partial charge in [0.1, 0.15) is 5.82 Å². The van der Waals surface area contributed by atoms with Crippen LogP contribution in [-0.2, 0) is 11.3 Å². The summed E-state index contributed by atoms with van der Waals surface area (Å²) in [7, 11) is 0. The highest BCUT2D eigenvalue weighted by Gasteiger charge is 2.22. The predicted molar refractivity (Wildman–Crippen MR) is 73.5 cm³/mol. The number of carbonyl (C=O) groups is 1. The van der Waals surface area contributed by atoms with E-state index in [1.165, 1.54) is 12.1 Å². The number of likely N-dealkylation sites (tertiary alicyclic amines) is 1. The molecule has 1 aliphatic heterocycles. The maximum atomic E-state index is 13.3. The standard InChI is InChI=1S/C14H18ClFN2O/c1-10(14(19)18-6-2-3-7-18)17-9-11-4-5-12(15)13(16)8-11/h4-5,8,10,17H,2-3,6-7,9H2,1H3. The Kier molecular flexibility index (Phi) is 4.77. The zero-order valence-corrected chi connectivity index (χ0v) is 11.7. The third-order valence-electron chi connectivity index (χ3n) is 3.38. The van der Waals surface area contributed by atoms with Crippen molar-refractivity contribution in [2.24, 2.45) is 0 Å². The first-order valence-corrected chi connectivity index (χ1v) is 6.92. The molecule has 3 nitrogen and oxygen atoms in total. The summed E-state index contributed by atoms with van der Waals surface area (Å²) in [5, 5.41) is 3.24. The molecule has 1 amide bonds. The summed E-state index contributed by atoms with van der Waals surface area (Å²) < 4.78 is 13.3. The molecule has 1 N–H and O–H groups in total. The van der Waals surface area contributed by atoms with Gasteiger partial charge in [0.15, 0.2) is 0 Å². The van der Waals surface area contributed by atoms with Crippen LogP contribution >= 0.6 is 11.6 Å². The lowest BCUT2D eigenvalue weighted by atomic mass is 10.2. The van der Waals surface area contributed by atoms with Crippen molar-refractivity contribution < 1.29 is 9.18 Å². The van der Waals surface area contributed by atoms with E-state index in [4.69, 9.17) is 11.6 Å². The molecule has 1 heterocycles. The van der Waals surface area contributed by atoms with E-state index in [0.717, 1.165) is 31.5 Å². The van der Waals surface area contributed by atoms with Gasteiger partial charge in [0.2, 0.25) is 5.91 Å². The molecule has 0 aromatic heterocycles. The number of hydrogen-bond donors (Lipinski definition) is 1. The van der Waals surface area contributed by atoms with Crippen molar-refractivity contribution in [2.75, 3.05) is 13.1 Å². The van der Waals surface area contributed by atoms with Gasteiger partial charge in [-0.3, -0.25) is 4.79 Å². The lowest BCUT2D eigenvalue weighted by Gasteiger charge is -2.21. The van der Waals surface area contributed by atoms with Crippen molar-refractivity contribution in [3.05, 3.63) is 34.6 Å². The number of rotatable bonds is 4. The van der Waals surface area contributed by atoms with E-state index in [9.17, 15) is 9.18 Å². The Morgan fingerprint density at radius 3 is 2.79 bits per heavy atom. The number of nitrogens with zero attached hydrogens (tertiary/aromatic N) is 1. The zero-order valence-electron chi connectivity index (χ0n) is 11.0. The quantitative estimate of drug-likeness (QED) is 0.922. The fourth-order valence-corrected chi connectivity index (χ4v) is 2.34. The average Bonchev–Trinajstić information content (AvgIpc) is 2.93. The molecule has 104 valence electrons. The summed E-state index contributed by atoms with van der Waals surface area (Å²) in [6.45, 7) is 3.99. The number of carbonyl (C=O) groups excluding carboxylic acids is 1. The minimum Gasteiger partial charge on any atom is -0.341 e. The van der Waals surface area contributed by atoms with Crippen LogP contribution in [0.1, 0.15) is 25.3 Å². The fourth-order valence-electron chi connectivity index (χ4n) is 2.22. The van der Waals surface area contributed by atoms with Crippen molar-refractivity contribution in [1.29, 1.82) is 0 Å². The maximum Gasteiger partial charge on any atom is 0.239 e. The summed E-state index contributed by atoms with van der Waals surface area (Å²) in [5.41, 5.74) is 0.781. The topological polar surface area (TPSA) is 32.3 Å². The molecule has 1 aromatic carbocycles. The Hall–Kier alpha value is -1.13. The number of nitrogens with one attached hydrogen (secondary N) is 1. The predicted octanol–water partition coefficient (Wildman–Crippen LogP) is 2.58. The fraction of sp³-hybridized carbons (Fsp3) is 0.500. The highest BCUT2D eigenvalue weighted by atomic mass is 35.5. The molecule has 19 heavy (non-hydrogen) atoms. The zero-order chi connectivity index (χ0) is 13.8. The van der Waals surface area contributed by atoms with E-state index in [2.05, 4.69) is 5.32 Å². The van der Waals surface area contributed by atoms with E-state index in [-0.39, 0.29) is 17.0 Å². The normalized spacial score (nSPS) is 16.7. The Bertz CT molecular complexity index is 461. The smallest absolute Gasteiger partial charge is 0.239 e. The molecule has 1 aromatic rings. The van der Waals surface area contributed by atoms with Gasteiger partial charge in [-0.25, -0.2) is 4.39 Å². The van der Waals surface area contributed by atoms with Crippen LogP contribution in [0, 0.1) is 5.82 Å². The van der Waals surface area contributed by atoms with Crippen LogP contribution in [0.2, 0.25) is 5.02 Å². The lowest BCUT2D eigenvalue weighted by molar-refractivity contribution is -0.131. The molecule has 2 rings (SSSR count). The first kappa shape index (κ1) is 14.3. The SMILES string of the molecule is CC(NCc1ccc(Cl)c(F)c1)C(=O)N1CCCC1. The molecule has 1 fully saturated rings. The van der Waals surface area contributed by atoms with Crippen LogP contribution < -0.4 is 5.32 Å². The molecule has 5 heteroatoms. The number of halogens is 2. The van der Waals surface area contributed by atoms with Crippen LogP contribution in [0.4, 0.5) is 4.39 Å². The molecule has 0 radical (unpaired) electrons. The van der Waals surface area contributed by atoms with E-state index < -0.39 is 5.82 Å². The highest BCUT2D eigenvalue weighted by molar-refractivity contribution is 6.30. The van der Waals surface area contributed by atoms with Crippen molar-refractivity contribution in [2.45, 2.75) is 32.4 Å². The minimum absolute atomic E-state index is 0.116. The molecular formula is C14H18ClFN2O. The van der Waals surface area contributed by atoms with Gasteiger partial charge in [0.05, 0.1) is 11.1 Å². The van der Waals surface area contributed by atoms with Gasteiger partial charge in [-0.05, 0) is 37.5 Å². The van der Waals surface area contributed by atoms with E-state index in [1.807, 2.05) is 11.8 Å². The molecule has 1 aliphatic rings. The Morgan fingerprint density at radius 2 is 2.16 bits per heavy atom. The van der Waals surface area contributed by atoms with Crippen molar-refractivity contribution in [3.63, 3.8) is 0 Å². The van der Waals surface area contributed by atoms with E-state index in [0.29, 0.717) is 6.54 Å². The van der Waals surface area contributed by atoms with E-state index >= 15 is 0 Å². The monoisotopic (exact) mass is 284 g/mol. The van der Waals surface area contributed by atoms with Crippen LogP contribution in [-0.4, -0.2) is 29.9 Å². The van der Waals surface area contributed by atoms with Gasteiger partial charge in [-0.15, -0.1) is 0 Å². The number of amides is 1. The van der Waals surface area contributed by atoms with Gasteiger partial charge in [-0.2, -0.15) is 0 Å². The molecular weight excluding hydrogens is 267 g/mol. The third-order valence-corrected chi connectivity index (χ3v) is 3.69. The van der Waals surface area contributed by atoms with Gasteiger partial charge in [-0.1, -0.05) is 17.7 Å². The van der Waals surface area contributed by atoms with Crippen LogP contribution in [0.15, 0.2) is 18.2 Å².